The molecule has 132 valence electrons. The highest BCUT2D eigenvalue weighted by Crippen LogP contribution is 2.30. The zero-order valence-electron chi connectivity index (χ0n) is 14.1. The Balaban J connectivity index is 1.47. The fourth-order valence-electron chi connectivity index (χ4n) is 3.46. The predicted octanol–water partition coefficient (Wildman–Crippen LogP) is 2.64. The Bertz CT molecular complexity index is 814. The second kappa shape index (κ2) is 6.17. The van der Waals surface area contributed by atoms with Gasteiger partial charge < -0.3 is 15.2 Å². The largest absolute Gasteiger partial charge is 0.361 e. The van der Waals surface area contributed by atoms with E-state index in [0.29, 0.717) is 31.0 Å². The summed E-state index contributed by atoms with van der Waals surface area (Å²) < 4.78 is 15.2. The number of carbonyl (C=O) groups is 2. The number of fused-ring (bicyclic) bond motifs is 1. The molecule has 4 rings (SSSR count). The number of aromatic nitrogens is 1. The van der Waals surface area contributed by atoms with Crippen molar-refractivity contribution in [2.24, 2.45) is 5.92 Å². The molecule has 0 bridgehead atoms. The van der Waals surface area contributed by atoms with Gasteiger partial charge in [0.15, 0.2) is 0 Å². The van der Waals surface area contributed by atoms with Crippen LogP contribution in [0, 0.1) is 5.92 Å². The first-order valence-corrected chi connectivity index (χ1v) is 8.89. The topological polar surface area (TPSA) is 65.2 Å². The van der Waals surface area contributed by atoms with Crippen molar-refractivity contribution in [1.82, 2.24) is 15.2 Å². The molecule has 2 aromatic rings. The van der Waals surface area contributed by atoms with Gasteiger partial charge in [0.1, 0.15) is 0 Å². The predicted molar refractivity (Wildman–Crippen MR) is 93.0 cm³/mol. The maximum atomic E-state index is 15.2. The van der Waals surface area contributed by atoms with Crippen LogP contribution in [0.3, 0.4) is 0 Å². The molecular formula is C19H22FN3O2. The van der Waals surface area contributed by atoms with Crippen LogP contribution >= 0.6 is 0 Å². The number of carbonyl (C=O) groups excluding carboxylic acids is 2. The number of H-pyrrole nitrogens is 1. The summed E-state index contributed by atoms with van der Waals surface area (Å²) in [6.07, 6.45) is 4.68. The highest BCUT2D eigenvalue weighted by molar-refractivity contribution is 5.98. The summed E-state index contributed by atoms with van der Waals surface area (Å²) in [5, 5.41) is 3.66. The number of amides is 2. The lowest BCUT2D eigenvalue weighted by molar-refractivity contribution is -0.135. The lowest BCUT2D eigenvalue weighted by Gasteiger charge is -2.36. The van der Waals surface area contributed by atoms with Gasteiger partial charge in [0.25, 0.3) is 11.8 Å². The van der Waals surface area contributed by atoms with Crippen LogP contribution in [0.25, 0.3) is 10.9 Å². The van der Waals surface area contributed by atoms with Crippen LogP contribution in [-0.4, -0.2) is 47.0 Å². The number of piperidine rings is 1. The number of rotatable bonds is 4. The molecule has 2 amide bonds. The molecule has 25 heavy (non-hydrogen) atoms. The van der Waals surface area contributed by atoms with Gasteiger partial charge in [-0.2, -0.15) is 0 Å². The molecule has 1 unspecified atom stereocenters. The van der Waals surface area contributed by atoms with Crippen LogP contribution in [0.2, 0.25) is 0 Å². The third-order valence-corrected chi connectivity index (χ3v) is 5.19. The Labute approximate surface area is 145 Å². The lowest BCUT2D eigenvalue weighted by atomic mass is 9.93. The first-order valence-electron chi connectivity index (χ1n) is 8.89. The molecule has 1 aromatic heterocycles. The summed E-state index contributed by atoms with van der Waals surface area (Å²) in [5.41, 5.74) is -0.509. The number of halogens is 1. The Hall–Kier alpha value is -2.37. The molecule has 5 nitrogen and oxygen atoms in total. The fraction of sp³-hybridized carbons (Fsp3) is 0.474. The standard InChI is InChI=1S/C19H22FN3O2/c20-19(18(25)22-11-13-2-3-13)7-1-9-23(12-19)17(24)15-4-5-16-14(10-15)6-8-21-16/h4-6,8,10,13,21H,1-3,7,9,11-12H2,(H,22,25). The monoisotopic (exact) mass is 343 g/mol. The number of alkyl halides is 1. The van der Waals surface area contributed by atoms with Crippen LogP contribution in [-0.2, 0) is 4.79 Å². The van der Waals surface area contributed by atoms with E-state index in [1.807, 2.05) is 18.3 Å². The molecule has 2 heterocycles. The average Bonchev–Trinajstić information content (AvgIpc) is 3.33. The fourth-order valence-corrected chi connectivity index (χ4v) is 3.46. The molecule has 1 aromatic carbocycles. The Kier molecular flexibility index (Phi) is 3.98. The van der Waals surface area contributed by atoms with Gasteiger partial charge >= 0.3 is 0 Å². The highest BCUT2D eigenvalue weighted by atomic mass is 19.1. The first-order chi connectivity index (χ1) is 12.0. The van der Waals surface area contributed by atoms with Gasteiger partial charge in [0.2, 0.25) is 5.67 Å². The lowest BCUT2D eigenvalue weighted by Crippen LogP contribution is -2.55. The number of hydrogen-bond acceptors (Lipinski definition) is 2. The highest BCUT2D eigenvalue weighted by Gasteiger charge is 2.44. The van der Waals surface area contributed by atoms with Crippen molar-refractivity contribution in [3.8, 4) is 0 Å². The summed E-state index contributed by atoms with van der Waals surface area (Å²) in [4.78, 5) is 29.6. The van der Waals surface area contributed by atoms with E-state index in [4.69, 9.17) is 0 Å². The van der Waals surface area contributed by atoms with Gasteiger partial charge in [0, 0.05) is 35.8 Å². The van der Waals surface area contributed by atoms with E-state index in [1.165, 1.54) is 4.90 Å². The minimum atomic E-state index is -1.99. The summed E-state index contributed by atoms with van der Waals surface area (Å²) in [6, 6.07) is 7.28. The summed E-state index contributed by atoms with van der Waals surface area (Å²) in [5.74, 6) is -0.292. The number of hydrogen-bond donors (Lipinski definition) is 2. The Morgan fingerprint density at radius 2 is 2.16 bits per heavy atom. The van der Waals surface area contributed by atoms with Gasteiger partial charge in [-0.1, -0.05) is 0 Å². The number of benzene rings is 1. The first kappa shape index (κ1) is 16.1. The third-order valence-electron chi connectivity index (χ3n) is 5.19. The van der Waals surface area contributed by atoms with E-state index in [0.717, 1.165) is 23.7 Å². The normalized spacial score (nSPS) is 23.6. The van der Waals surface area contributed by atoms with Crippen molar-refractivity contribution in [3.05, 3.63) is 36.0 Å². The van der Waals surface area contributed by atoms with Gasteiger partial charge in [-0.15, -0.1) is 0 Å². The van der Waals surface area contributed by atoms with E-state index < -0.39 is 11.6 Å². The number of likely N-dealkylation sites (tertiary alicyclic amines) is 1. The summed E-state index contributed by atoms with van der Waals surface area (Å²) in [7, 11) is 0. The summed E-state index contributed by atoms with van der Waals surface area (Å²) >= 11 is 0. The van der Waals surface area contributed by atoms with E-state index in [1.54, 1.807) is 12.1 Å². The SMILES string of the molecule is O=C(c1ccc2[nH]ccc2c1)N1CCCC(F)(C(=O)NCC2CC2)C1. The van der Waals surface area contributed by atoms with E-state index in [2.05, 4.69) is 10.3 Å². The molecule has 1 saturated heterocycles. The van der Waals surface area contributed by atoms with Crippen LogP contribution < -0.4 is 5.32 Å². The molecule has 2 N–H and O–H groups in total. The Morgan fingerprint density at radius 1 is 1.32 bits per heavy atom. The Morgan fingerprint density at radius 3 is 2.96 bits per heavy atom. The molecule has 1 atom stereocenters. The second-order valence-electron chi connectivity index (χ2n) is 7.23. The molecular weight excluding hydrogens is 321 g/mol. The van der Waals surface area contributed by atoms with Gasteiger partial charge in [-0.05, 0) is 55.9 Å². The van der Waals surface area contributed by atoms with Crippen molar-refractivity contribution in [2.75, 3.05) is 19.6 Å². The maximum Gasteiger partial charge on any atom is 0.259 e. The maximum absolute atomic E-state index is 15.2. The van der Waals surface area contributed by atoms with Crippen LogP contribution in [0.1, 0.15) is 36.0 Å². The second-order valence-corrected chi connectivity index (χ2v) is 7.23. The van der Waals surface area contributed by atoms with E-state index in [-0.39, 0.29) is 18.9 Å². The van der Waals surface area contributed by atoms with Crippen LogP contribution in [0.15, 0.2) is 30.5 Å². The minimum absolute atomic E-state index is 0.171. The molecule has 1 saturated carbocycles. The van der Waals surface area contributed by atoms with Crippen molar-refractivity contribution >= 4 is 22.7 Å². The van der Waals surface area contributed by atoms with Gasteiger partial charge in [0.05, 0.1) is 6.54 Å². The van der Waals surface area contributed by atoms with E-state index in [9.17, 15) is 9.59 Å². The zero-order valence-corrected chi connectivity index (χ0v) is 14.1. The molecule has 0 spiro atoms. The van der Waals surface area contributed by atoms with Crippen molar-refractivity contribution in [3.63, 3.8) is 0 Å². The van der Waals surface area contributed by atoms with Gasteiger partial charge in [-0.25, -0.2) is 4.39 Å². The van der Waals surface area contributed by atoms with Crippen molar-refractivity contribution in [1.29, 1.82) is 0 Å². The molecule has 2 aliphatic rings. The minimum Gasteiger partial charge on any atom is -0.361 e. The van der Waals surface area contributed by atoms with Crippen LogP contribution in [0.5, 0.6) is 0 Å². The smallest absolute Gasteiger partial charge is 0.259 e. The molecule has 2 fully saturated rings. The van der Waals surface area contributed by atoms with E-state index >= 15 is 4.39 Å². The number of aromatic amines is 1. The van der Waals surface area contributed by atoms with Gasteiger partial charge in [-0.3, -0.25) is 9.59 Å². The quantitative estimate of drug-likeness (QED) is 0.896. The third kappa shape index (κ3) is 3.25. The number of nitrogens with one attached hydrogen (secondary N) is 2. The van der Waals surface area contributed by atoms with Crippen LogP contribution in [0.4, 0.5) is 4.39 Å². The molecule has 0 radical (unpaired) electrons. The average molecular weight is 343 g/mol. The van der Waals surface area contributed by atoms with Crippen molar-refractivity contribution < 1.29 is 14.0 Å². The molecule has 1 aliphatic carbocycles. The number of nitrogens with zero attached hydrogens (tertiary/aromatic N) is 1. The zero-order chi connectivity index (χ0) is 17.4. The molecule has 6 heteroatoms. The van der Waals surface area contributed by atoms with Crippen molar-refractivity contribution in [2.45, 2.75) is 31.4 Å². The summed E-state index contributed by atoms with van der Waals surface area (Å²) in [6.45, 7) is 0.849. The molecule has 1 aliphatic heterocycles.